The molecule has 0 unspecified atom stereocenters. The van der Waals surface area contributed by atoms with Gasteiger partial charge in [0.15, 0.2) is 0 Å². The Kier molecular flexibility index (Phi) is 3.14. The smallest absolute Gasteiger partial charge is 0.339 e. The molecule has 0 aromatic heterocycles. The van der Waals surface area contributed by atoms with Crippen LogP contribution >= 0.6 is 0 Å². The molecule has 0 aliphatic rings. The van der Waals surface area contributed by atoms with E-state index in [0.29, 0.717) is 11.3 Å². The van der Waals surface area contributed by atoms with Crippen LogP contribution in [0.2, 0.25) is 0 Å². The van der Waals surface area contributed by atoms with E-state index in [1.165, 1.54) is 0 Å². The zero-order chi connectivity index (χ0) is 10.6. The Labute approximate surface area is 82.3 Å². The maximum atomic E-state index is 10.9. The van der Waals surface area contributed by atoms with Crippen molar-refractivity contribution in [1.82, 2.24) is 0 Å². The summed E-state index contributed by atoms with van der Waals surface area (Å²) in [4.78, 5) is 10.9. The first-order valence-electron chi connectivity index (χ1n) is 4.06. The Morgan fingerprint density at radius 1 is 1.64 bits per heavy atom. The van der Waals surface area contributed by atoms with Crippen molar-refractivity contribution in [2.45, 2.75) is 6.92 Å². The fourth-order valence-corrected chi connectivity index (χ4v) is 1.15. The molecule has 0 saturated carbocycles. The molecule has 0 aliphatic carbocycles. The minimum atomic E-state index is -1.00. The van der Waals surface area contributed by atoms with Crippen molar-refractivity contribution in [3.8, 4) is 18.1 Å². The normalized spacial score (nSPS) is 9.14. The molecule has 3 heteroatoms. The second-order valence-corrected chi connectivity index (χ2v) is 2.75. The zero-order valence-electron chi connectivity index (χ0n) is 7.78. The van der Waals surface area contributed by atoms with Crippen LogP contribution < -0.4 is 4.74 Å². The Hall–Kier alpha value is -1.95. The van der Waals surface area contributed by atoms with Crippen molar-refractivity contribution in [1.29, 1.82) is 0 Å². The van der Waals surface area contributed by atoms with Crippen LogP contribution in [0.4, 0.5) is 0 Å². The highest BCUT2D eigenvalue weighted by Crippen LogP contribution is 2.21. The van der Waals surface area contributed by atoms with Gasteiger partial charge in [0, 0.05) is 0 Å². The lowest BCUT2D eigenvalue weighted by molar-refractivity contribution is 0.0692. The van der Waals surface area contributed by atoms with E-state index in [-0.39, 0.29) is 12.2 Å². The lowest BCUT2D eigenvalue weighted by Crippen LogP contribution is -2.05. The first kappa shape index (κ1) is 10.1. The summed E-state index contributed by atoms with van der Waals surface area (Å²) in [7, 11) is 0. The largest absolute Gasteiger partial charge is 0.480 e. The number of terminal acetylenes is 1. The van der Waals surface area contributed by atoms with E-state index >= 15 is 0 Å². The third-order valence-corrected chi connectivity index (χ3v) is 1.76. The van der Waals surface area contributed by atoms with Gasteiger partial charge in [-0.1, -0.05) is 18.1 Å². The molecule has 0 spiro atoms. The van der Waals surface area contributed by atoms with Crippen molar-refractivity contribution < 1.29 is 14.6 Å². The summed E-state index contributed by atoms with van der Waals surface area (Å²) in [5, 5.41) is 8.91. The summed E-state index contributed by atoms with van der Waals surface area (Å²) in [6, 6.07) is 5.04. The lowest BCUT2D eigenvalue weighted by atomic mass is 10.1. The average molecular weight is 190 g/mol. The van der Waals surface area contributed by atoms with Crippen LogP contribution in [0.25, 0.3) is 0 Å². The van der Waals surface area contributed by atoms with Gasteiger partial charge in [-0.2, -0.15) is 0 Å². The number of carboxylic acids is 1. The first-order valence-corrected chi connectivity index (χ1v) is 4.06. The number of aromatic carboxylic acids is 1. The number of hydrogen-bond donors (Lipinski definition) is 1. The summed E-state index contributed by atoms with van der Waals surface area (Å²) in [5.74, 6) is 1.60. The topological polar surface area (TPSA) is 46.5 Å². The van der Waals surface area contributed by atoms with Gasteiger partial charge in [-0.3, -0.25) is 0 Å². The molecular formula is C11H10O3. The van der Waals surface area contributed by atoms with Crippen LogP contribution in [-0.2, 0) is 0 Å². The molecule has 0 saturated heterocycles. The number of carbonyl (C=O) groups is 1. The number of ether oxygens (including phenoxy) is 1. The van der Waals surface area contributed by atoms with E-state index < -0.39 is 5.97 Å². The standard InChI is InChI=1S/C11H10O3/c1-3-7-14-9-6-4-5-8(2)10(9)11(12)13/h1,4-6H,7H2,2H3,(H,12,13). The van der Waals surface area contributed by atoms with Crippen molar-refractivity contribution in [2.24, 2.45) is 0 Å². The molecular weight excluding hydrogens is 180 g/mol. The summed E-state index contributed by atoms with van der Waals surface area (Å²) in [5.41, 5.74) is 0.828. The summed E-state index contributed by atoms with van der Waals surface area (Å²) in [6.45, 7) is 1.79. The van der Waals surface area contributed by atoms with Crippen LogP contribution in [-0.4, -0.2) is 17.7 Å². The van der Waals surface area contributed by atoms with Crippen LogP contribution in [0.1, 0.15) is 15.9 Å². The average Bonchev–Trinajstić information content (AvgIpc) is 2.14. The number of hydrogen-bond acceptors (Lipinski definition) is 2. The molecule has 3 nitrogen and oxygen atoms in total. The number of carboxylic acid groups (broad SMARTS) is 1. The molecule has 0 fully saturated rings. The monoisotopic (exact) mass is 190 g/mol. The molecule has 1 aromatic rings. The molecule has 0 heterocycles. The highest BCUT2D eigenvalue weighted by molar-refractivity contribution is 5.92. The molecule has 0 radical (unpaired) electrons. The van der Waals surface area contributed by atoms with Gasteiger partial charge >= 0.3 is 5.97 Å². The van der Waals surface area contributed by atoms with Crippen LogP contribution in [0, 0.1) is 19.3 Å². The van der Waals surface area contributed by atoms with E-state index in [1.54, 1.807) is 25.1 Å². The third kappa shape index (κ3) is 2.05. The molecule has 1 aromatic carbocycles. The molecule has 0 amide bonds. The fraction of sp³-hybridized carbons (Fsp3) is 0.182. The quantitative estimate of drug-likeness (QED) is 0.738. The van der Waals surface area contributed by atoms with Gasteiger partial charge in [-0.05, 0) is 18.6 Å². The first-order chi connectivity index (χ1) is 6.66. The Balaban J connectivity index is 3.09. The minimum Gasteiger partial charge on any atom is -0.480 e. The zero-order valence-corrected chi connectivity index (χ0v) is 7.78. The number of benzene rings is 1. The highest BCUT2D eigenvalue weighted by Gasteiger charge is 2.13. The Bertz CT molecular complexity index is 388. The maximum Gasteiger partial charge on any atom is 0.339 e. The highest BCUT2D eigenvalue weighted by atomic mass is 16.5. The van der Waals surface area contributed by atoms with E-state index in [1.807, 2.05) is 0 Å². The minimum absolute atomic E-state index is 0.0731. The molecule has 72 valence electrons. The molecule has 0 bridgehead atoms. The van der Waals surface area contributed by atoms with Crippen molar-refractivity contribution in [3.05, 3.63) is 29.3 Å². The summed E-state index contributed by atoms with van der Waals surface area (Å²) < 4.78 is 5.11. The van der Waals surface area contributed by atoms with Crippen molar-refractivity contribution in [3.63, 3.8) is 0 Å². The Morgan fingerprint density at radius 2 is 2.36 bits per heavy atom. The third-order valence-electron chi connectivity index (χ3n) is 1.76. The molecule has 1 rings (SSSR count). The molecule has 14 heavy (non-hydrogen) atoms. The number of aryl methyl sites for hydroxylation is 1. The van der Waals surface area contributed by atoms with Crippen LogP contribution in [0.15, 0.2) is 18.2 Å². The summed E-state index contributed by atoms with van der Waals surface area (Å²) in [6.07, 6.45) is 5.02. The van der Waals surface area contributed by atoms with E-state index in [4.69, 9.17) is 16.3 Å². The van der Waals surface area contributed by atoms with Crippen molar-refractivity contribution in [2.75, 3.05) is 6.61 Å². The van der Waals surface area contributed by atoms with Gasteiger partial charge in [0.05, 0.1) is 0 Å². The fourth-order valence-electron chi connectivity index (χ4n) is 1.15. The lowest BCUT2D eigenvalue weighted by Gasteiger charge is -2.08. The van der Waals surface area contributed by atoms with Gasteiger partial charge in [0.2, 0.25) is 0 Å². The van der Waals surface area contributed by atoms with Gasteiger partial charge in [0.1, 0.15) is 17.9 Å². The van der Waals surface area contributed by atoms with Crippen LogP contribution in [0.5, 0.6) is 5.75 Å². The van der Waals surface area contributed by atoms with Crippen molar-refractivity contribution >= 4 is 5.97 Å². The van der Waals surface area contributed by atoms with E-state index in [2.05, 4.69) is 5.92 Å². The summed E-state index contributed by atoms with van der Waals surface area (Å²) >= 11 is 0. The molecule has 0 atom stereocenters. The van der Waals surface area contributed by atoms with Gasteiger partial charge in [0.25, 0.3) is 0 Å². The predicted octanol–water partition coefficient (Wildman–Crippen LogP) is 1.71. The van der Waals surface area contributed by atoms with E-state index in [0.717, 1.165) is 0 Å². The van der Waals surface area contributed by atoms with Gasteiger partial charge < -0.3 is 9.84 Å². The van der Waals surface area contributed by atoms with Crippen LogP contribution in [0.3, 0.4) is 0 Å². The van der Waals surface area contributed by atoms with E-state index in [9.17, 15) is 4.79 Å². The van der Waals surface area contributed by atoms with Gasteiger partial charge in [-0.25, -0.2) is 4.79 Å². The SMILES string of the molecule is C#CCOc1cccc(C)c1C(=O)O. The van der Waals surface area contributed by atoms with Gasteiger partial charge in [-0.15, -0.1) is 6.42 Å². The maximum absolute atomic E-state index is 10.9. The second-order valence-electron chi connectivity index (χ2n) is 2.75. The second kappa shape index (κ2) is 4.33. The predicted molar refractivity (Wildman–Crippen MR) is 52.5 cm³/mol. The molecule has 0 aliphatic heterocycles. The molecule has 1 N–H and O–H groups in total. The Morgan fingerprint density at radius 3 is 2.93 bits per heavy atom. The number of rotatable bonds is 3.